The van der Waals surface area contributed by atoms with E-state index < -0.39 is 0 Å². The van der Waals surface area contributed by atoms with Crippen LogP contribution in [-0.2, 0) is 0 Å². The van der Waals surface area contributed by atoms with E-state index in [1.807, 2.05) is 0 Å². The van der Waals surface area contributed by atoms with Crippen LogP contribution in [0.5, 0.6) is 0 Å². The lowest BCUT2D eigenvalue weighted by Crippen LogP contribution is -2.60. The molecule has 0 radical (unpaired) electrons. The minimum Gasteiger partial charge on any atom is -0.299 e. The first kappa shape index (κ1) is 7.60. The van der Waals surface area contributed by atoms with Crippen molar-refractivity contribution in [2.24, 2.45) is 11.3 Å². The standard InChI is InChI=1S/C10H19N/c1-4-11-7-10(5-6-10)9(11)8(2)3/h8-9H,4-7H2,1-3H3. The van der Waals surface area contributed by atoms with E-state index in [1.54, 1.807) is 0 Å². The lowest BCUT2D eigenvalue weighted by molar-refractivity contribution is -0.0282. The monoisotopic (exact) mass is 153 g/mol. The van der Waals surface area contributed by atoms with Crippen molar-refractivity contribution in [2.75, 3.05) is 13.1 Å². The summed E-state index contributed by atoms with van der Waals surface area (Å²) < 4.78 is 0. The van der Waals surface area contributed by atoms with Crippen LogP contribution in [0.4, 0.5) is 0 Å². The van der Waals surface area contributed by atoms with Gasteiger partial charge < -0.3 is 0 Å². The van der Waals surface area contributed by atoms with Gasteiger partial charge >= 0.3 is 0 Å². The average Bonchev–Trinajstić information content (AvgIpc) is 2.61. The fourth-order valence-electron chi connectivity index (χ4n) is 2.92. The largest absolute Gasteiger partial charge is 0.299 e. The topological polar surface area (TPSA) is 3.24 Å². The average molecular weight is 153 g/mol. The maximum Gasteiger partial charge on any atom is 0.0187 e. The fourth-order valence-corrected chi connectivity index (χ4v) is 2.92. The molecule has 2 aliphatic rings. The van der Waals surface area contributed by atoms with Crippen LogP contribution in [0.3, 0.4) is 0 Å². The van der Waals surface area contributed by atoms with E-state index in [0.29, 0.717) is 0 Å². The van der Waals surface area contributed by atoms with Gasteiger partial charge in [-0.15, -0.1) is 0 Å². The van der Waals surface area contributed by atoms with Gasteiger partial charge in [-0.05, 0) is 30.7 Å². The predicted octanol–water partition coefficient (Wildman–Crippen LogP) is 2.13. The molecule has 11 heavy (non-hydrogen) atoms. The molecule has 1 spiro atoms. The van der Waals surface area contributed by atoms with Crippen molar-refractivity contribution in [1.29, 1.82) is 0 Å². The second kappa shape index (κ2) is 2.22. The predicted molar refractivity (Wildman–Crippen MR) is 47.5 cm³/mol. The molecule has 0 N–H and O–H groups in total. The Morgan fingerprint density at radius 1 is 1.45 bits per heavy atom. The zero-order valence-corrected chi connectivity index (χ0v) is 7.93. The summed E-state index contributed by atoms with van der Waals surface area (Å²) >= 11 is 0. The van der Waals surface area contributed by atoms with Crippen molar-refractivity contribution in [2.45, 2.75) is 39.7 Å². The summed E-state index contributed by atoms with van der Waals surface area (Å²) in [4.78, 5) is 2.64. The molecule has 1 unspecified atom stereocenters. The third-order valence-corrected chi connectivity index (χ3v) is 3.47. The molecule has 1 saturated heterocycles. The van der Waals surface area contributed by atoms with Gasteiger partial charge in [0.15, 0.2) is 0 Å². The zero-order chi connectivity index (χ0) is 8.06. The zero-order valence-electron chi connectivity index (χ0n) is 7.93. The van der Waals surface area contributed by atoms with Gasteiger partial charge in [-0.25, -0.2) is 0 Å². The molecule has 1 atom stereocenters. The van der Waals surface area contributed by atoms with Crippen LogP contribution >= 0.6 is 0 Å². The molecule has 1 heteroatoms. The SMILES string of the molecule is CCN1CC2(CC2)C1C(C)C. The van der Waals surface area contributed by atoms with Gasteiger partial charge in [0.1, 0.15) is 0 Å². The van der Waals surface area contributed by atoms with E-state index in [4.69, 9.17) is 0 Å². The van der Waals surface area contributed by atoms with Gasteiger partial charge in [0.05, 0.1) is 0 Å². The van der Waals surface area contributed by atoms with Crippen molar-refractivity contribution in [3.8, 4) is 0 Å². The maximum absolute atomic E-state index is 2.64. The van der Waals surface area contributed by atoms with Gasteiger partial charge in [-0.3, -0.25) is 4.90 Å². The Morgan fingerprint density at radius 2 is 2.09 bits per heavy atom. The Kier molecular flexibility index (Phi) is 1.54. The first-order valence-corrected chi connectivity index (χ1v) is 4.94. The first-order valence-electron chi connectivity index (χ1n) is 4.94. The number of hydrogen-bond acceptors (Lipinski definition) is 1. The molecule has 2 fully saturated rings. The third-order valence-electron chi connectivity index (χ3n) is 3.47. The molecule has 0 aromatic heterocycles. The van der Waals surface area contributed by atoms with Gasteiger partial charge in [0, 0.05) is 12.6 Å². The van der Waals surface area contributed by atoms with Crippen LogP contribution in [0.25, 0.3) is 0 Å². The maximum atomic E-state index is 2.64. The van der Waals surface area contributed by atoms with Crippen molar-refractivity contribution >= 4 is 0 Å². The Morgan fingerprint density at radius 3 is 2.45 bits per heavy atom. The molecule has 0 amide bonds. The molecule has 0 bridgehead atoms. The molecular weight excluding hydrogens is 134 g/mol. The molecule has 64 valence electrons. The Hall–Kier alpha value is -0.0400. The van der Waals surface area contributed by atoms with E-state index in [2.05, 4.69) is 25.7 Å². The number of hydrogen-bond donors (Lipinski definition) is 0. The van der Waals surface area contributed by atoms with E-state index in [9.17, 15) is 0 Å². The van der Waals surface area contributed by atoms with Crippen molar-refractivity contribution in [3.63, 3.8) is 0 Å². The van der Waals surface area contributed by atoms with Gasteiger partial charge in [-0.1, -0.05) is 20.8 Å². The summed E-state index contributed by atoms with van der Waals surface area (Å²) in [6, 6.07) is 0.924. The van der Waals surface area contributed by atoms with Crippen LogP contribution in [0.1, 0.15) is 33.6 Å². The quantitative estimate of drug-likeness (QED) is 0.587. The minimum absolute atomic E-state index is 0.810. The number of rotatable bonds is 2. The summed E-state index contributed by atoms with van der Waals surface area (Å²) in [7, 11) is 0. The smallest absolute Gasteiger partial charge is 0.0187 e. The van der Waals surface area contributed by atoms with E-state index in [-0.39, 0.29) is 0 Å². The van der Waals surface area contributed by atoms with E-state index in [0.717, 1.165) is 17.4 Å². The summed E-state index contributed by atoms with van der Waals surface area (Å²) in [5.41, 5.74) is 0.810. The number of nitrogens with zero attached hydrogens (tertiary/aromatic N) is 1. The highest BCUT2D eigenvalue weighted by atomic mass is 15.3. The highest BCUT2D eigenvalue weighted by Crippen LogP contribution is 2.59. The second-order valence-electron chi connectivity index (χ2n) is 4.61. The van der Waals surface area contributed by atoms with Crippen LogP contribution in [0.15, 0.2) is 0 Å². The minimum atomic E-state index is 0.810. The molecule has 1 heterocycles. The lowest BCUT2D eigenvalue weighted by Gasteiger charge is -2.51. The van der Waals surface area contributed by atoms with Crippen molar-refractivity contribution in [1.82, 2.24) is 4.90 Å². The molecule has 2 rings (SSSR count). The Balaban J connectivity index is 2.01. The van der Waals surface area contributed by atoms with Gasteiger partial charge in [0.25, 0.3) is 0 Å². The lowest BCUT2D eigenvalue weighted by atomic mass is 9.78. The summed E-state index contributed by atoms with van der Waals surface area (Å²) in [6.07, 6.45) is 3.01. The normalized spacial score (nSPS) is 34.4. The summed E-state index contributed by atoms with van der Waals surface area (Å²) in [5.74, 6) is 0.867. The summed E-state index contributed by atoms with van der Waals surface area (Å²) in [6.45, 7) is 9.67. The first-order chi connectivity index (χ1) is 5.19. The molecule has 1 nitrogen and oxygen atoms in total. The van der Waals surface area contributed by atoms with E-state index in [1.165, 1.54) is 25.9 Å². The molecule has 0 aromatic rings. The fraction of sp³-hybridized carbons (Fsp3) is 1.00. The molecule has 1 saturated carbocycles. The van der Waals surface area contributed by atoms with Crippen molar-refractivity contribution < 1.29 is 0 Å². The van der Waals surface area contributed by atoms with Crippen LogP contribution in [0, 0.1) is 11.3 Å². The highest BCUT2D eigenvalue weighted by Gasteiger charge is 2.60. The second-order valence-corrected chi connectivity index (χ2v) is 4.61. The van der Waals surface area contributed by atoms with Crippen LogP contribution < -0.4 is 0 Å². The molecular formula is C10H19N. The van der Waals surface area contributed by atoms with E-state index >= 15 is 0 Å². The molecule has 0 aromatic carbocycles. The van der Waals surface area contributed by atoms with Gasteiger partial charge in [0.2, 0.25) is 0 Å². The van der Waals surface area contributed by atoms with Crippen LogP contribution in [-0.4, -0.2) is 24.0 Å². The van der Waals surface area contributed by atoms with Crippen molar-refractivity contribution in [3.05, 3.63) is 0 Å². The molecule has 1 aliphatic heterocycles. The number of likely N-dealkylation sites (tertiary alicyclic amines) is 1. The van der Waals surface area contributed by atoms with Crippen LogP contribution in [0.2, 0.25) is 0 Å². The Bertz CT molecular complexity index is 158. The summed E-state index contributed by atoms with van der Waals surface area (Å²) in [5, 5.41) is 0. The third kappa shape index (κ3) is 0.936. The Labute approximate surface area is 69.8 Å². The highest BCUT2D eigenvalue weighted by molar-refractivity contribution is 5.13. The van der Waals surface area contributed by atoms with Gasteiger partial charge in [-0.2, -0.15) is 0 Å². The molecule has 1 aliphatic carbocycles.